The minimum absolute atomic E-state index is 0.0303. The van der Waals surface area contributed by atoms with Gasteiger partial charge in [0.2, 0.25) is 0 Å². The third-order valence-corrected chi connectivity index (χ3v) is 9.16. The van der Waals surface area contributed by atoms with Gasteiger partial charge in [-0.3, -0.25) is 4.79 Å². The van der Waals surface area contributed by atoms with Crippen LogP contribution in [0.5, 0.6) is 0 Å². The summed E-state index contributed by atoms with van der Waals surface area (Å²) >= 11 is 0. The summed E-state index contributed by atoms with van der Waals surface area (Å²) in [6.45, 7) is 12.6. The third kappa shape index (κ3) is 3.10. The third-order valence-electron chi connectivity index (χ3n) is 4.70. The summed E-state index contributed by atoms with van der Waals surface area (Å²) in [5.74, 6) is 0.0303. The molecule has 19 heavy (non-hydrogen) atoms. The highest BCUT2D eigenvalue weighted by Crippen LogP contribution is 2.45. The molecule has 3 atom stereocenters. The van der Waals surface area contributed by atoms with E-state index in [9.17, 15) is 9.90 Å². The van der Waals surface area contributed by atoms with Gasteiger partial charge in [-0.05, 0) is 18.1 Å². The van der Waals surface area contributed by atoms with Gasteiger partial charge in [0.15, 0.2) is 14.1 Å². The quantitative estimate of drug-likeness (QED) is 0.807. The summed E-state index contributed by atoms with van der Waals surface area (Å²) in [6.07, 6.45) is -0.580. The van der Waals surface area contributed by atoms with Crippen LogP contribution in [0.1, 0.15) is 34.1 Å². The van der Waals surface area contributed by atoms with Crippen LogP contribution < -0.4 is 0 Å². The van der Waals surface area contributed by atoms with Crippen molar-refractivity contribution >= 4 is 14.1 Å². The fraction of sp³-hybridized carbons (Fsp3) is 0.929. The molecular weight excluding hydrogens is 260 g/mol. The second kappa shape index (κ2) is 5.28. The largest absolute Gasteiger partial charge is 0.410 e. The summed E-state index contributed by atoms with van der Waals surface area (Å²) in [6, 6.07) is 0. The molecule has 0 saturated heterocycles. The smallest absolute Gasteiger partial charge is 0.192 e. The summed E-state index contributed by atoms with van der Waals surface area (Å²) in [7, 11) is -0.471. The Morgan fingerprint density at radius 3 is 2.32 bits per heavy atom. The van der Waals surface area contributed by atoms with Crippen LogP contribution in [0, 0.1) is 5.41 Å². The number of rotatable bonds is 4. The SMILES string of the molecule is CO[C@H]1C(=O)C[C@@](C)(CO)[C@@H]1O[Si](C)(C)C(C)(C)C. The minimum Gasteiger partial charge on any atom is -0.410 e. The van der Waals surface area contributed by atoms with E-state index in [1.54, 1.807) is 0 Å². The van der Waals surface area contributed by atoms with Crippen molar-refractivity contribution < 1.29 is 19.1 Å². The predicted molar refractivity (Wildman–Crippen MR) is 77.7 cm³/mol. The molecule has 0 radical (unpaired) electrons. The van der Waals surface area contributed by atoms with E-state index in [1.807, 2.05) is 6.92 Å². The van der Waals surface area contributed by atoms with Crippen LogP contribution in [-0.4, -0.2) is 45.1 Å². The Kier molecular flexibility index (Phi) is 4.67. The number of Topliss-reactive ketones (excluding diaryl/α,β-unsaturated/α-hetero) is 1. The van der Waals surface area contributed by atoms with Crippen LogP contribution >= 0.6 is 0 Å². The first-order valence-electron chi connectivity index (χ1n) is 6.83. The lowest BCUT2D eigenvalue weighted by Crippen LogP contribution is -2.51. The normalized spacial score (nSPS) is 32.9. The van der Waals surface area contributed by atoms with Crippen LogP contribution in [0.25, 0.3) is 0 Å². The van der Waals surface area contributed by atoms with Crippen LogP contribution in [0.2, 0.25) is 18.1 Å². The lowest BCUT2D eigenvalue weighted by Gasteiger charge is -2.43. The molecule has 0 spiro atoms. The zero-order valence-corrected chi connectivity index (χ0v) is 14.2. The van der Waals surface area contributed by atoms with Gasteiger partial charge in [-0.2, -0.15) is 0 Å². The van der Waals surface area contributed by atoms with Crippen molar-refractivity contribution in [3.8, 4) is 0 Å². The first-order valence-corrected chi connectivity index (χ1v) is 9.73. The summed E-state index contributed by atoms with van der Waals surface area (Å²) in [5, 5.41) is 9.72. The van der Waals surface area contributed by atoms with Gasteiger partial charge < -0.3 is 14.3 Å². The van der Waals surface area contributed by atoms with Crippen molar-refractivity contribution in [2.75, 3.05) is 13.7 Å². The Morgan fingerprint density at radius 2 is 1.95 bits per heavy atom. The molecule has 0 aromatic rings. The number of ketones is 1. The first kappa shape index (κ1) is 16.8. The maximum atomic E-state index is 12.0. The molecule has 1 N–H and O–H groups in total. The Labute approximate surface area is 117 Å². The highest BCUT2D eigenvalue weighted by atomic mass is 28.4. The lowest BCUT2D eigenvalue weighted by molar-refractivity contribution is -0.128. The molecule has 0 amide bonds. The topological polar surface area (TPSA) is 55.8 Å². The van der Waals surface area contributed by atoms with Gasteiger partial charge in [0.1, 0.15) is 6.10 Å². The zero-order valence-electron chi connectivity index (χ0n) is 13.2. The van der Waals surface area contributed by atoms with Gasteiger partial charge in [0, 0.05) is 18.9 Å². The number of hydrogen-bond acceptors (Lipinski definition) is 4. The van der Waals surface area contributed by atoms with Crippen molar-refractivity contribution in [2.45, 2.75) is 64.5 Å². The Morgan fingerprint density at radius 1 is 1.42 bits per heavy atom. The van der Waals surface area contributed by atoms with E-state index < -0.39 is 19.8 Å². The average Bonchev–Trinajstić information content (AvgIpc) is 2.49. The van der Waals surface area contributed by atoms with Crippen LogP contribution in [-0.2, 0) is 14.0 Å². The number of aliphatic hydroxyl groups is 1. The van der Waals surface area contributed by atoms with E-state index in [1.165, 1.54) is 7.11 Å². The number of carbonyl (C=O) groups is 1. The number of aliphatic hydroxyl groups excluding tert-OH is 1. The van der Waals surface area contributed by atoms with Gasteiger partial charge >= 0.3 is 0 Å². The van der Waals surface area contributed by atoms with Crippen LogP contribution in [0.3, 0.4) is 0 Å². The number of carbonyl (C=O) groups excluding carboxylic acids is 1. The Balaban J connectivity index is 3.04. The molecule has 0 heterocycles. The Bertz CT molecular complexity index is 348. The highest BCUT2D eigenvalue weighted by molar-refractivity contribution is 6.74. The number of methoxy groups -OCH3 is 1. The molecule has 1 aliphatic carbocycles. The minimum atomic E-state index is -2.01. The molecule has 1 fully saturated rings. The van der Waals surface area contributed by atoms with E-state index >= 15 is 0 Å². The fourth-order valence-electron chi connectivity index (χ4n) is 2.23. The summed E-state index contributed by atoms with van der Waals surface area (Å²) in [4.78, 5) is 12.0. The average molecular weight is 288 g/mol. The van der Waals surface area contributed by atoms with E-state index in [2.05, 4.69) is 33.9 Å². The molecule has 5 heteroatoms. The van der Waals surface area contributed by atoms with Crippen molar-refractivity contribution in [1.29, 1.82) is 0 Å². The monoisotopic (exact) mass is 288 g/mol. The molecule has 0 aromatic heterocycles. The highest BCUT2D eigenvalue weighted by Gasteiger charge is 2.54. The van der Waals surface area contributed by atoms with Crippen molar-refractivity contribution in [1.82, 2.24) is 0 Å². The van der Waals surface area contributed by atoms with Crippen LogP contribution in [0.4, 0.5) is 0 Å². The summed E-state index contributed by atoms with van der Waals surface area (Å²) in [5.41, 5.74) is -0.534. The van der Waals surface area contributed by atoms with Gasteiger partial charge in [-0.15, -0.1) is 0 Å². The molecule has 112 valence electrons. The van der Waals surface area contributed by atoms with Crippen molar-refractivity contribution in [3.05, 3.63) is 0 Å². The lowest BCUT2D eigenvalue weighted by atomic mass is 9.87. The van der Waals surface area contributed by atoms with Crippen molar-refractivity contribution in [3.63, 3.8) is 0 Å². The van der Waals surface area contributed by atoms with Crippen molar-refractivity contribution in [2.24, 2.45) is 5.41 Å². The zero-order chi connectivity index (χ0) is 15.1. The molecule has 0 aliphatic heterocycles. The first-order chi connectivity index (χ1) is 8.48. The van der Waals surface area contributed by atoms with E-state index in [-0.39, 0.29) is 23.5 Å². The molecule has 1 aliphatic rings. The van der Waals surface area contributed by atoms with Gasteiger partial charge in [0.05, 0.1) is 12.7 Å². The standard InChI is InChI=1S/C14H28O4Si/c1-13(2,3)19(6,7)18-12-11(17-5)10(16)8-14(12,4)9-15/h11-12,15H,8-9H2,1-7H3/t11-,12+,14-/m0/s1. The molecule has 0 unspecified atom stereocenters. The predicted octanol–water partition coefficient (Wildman–Crippen LogP) is 2.36. The van der Waals surface area contributed by atoms with Gasteiger partial charge in [-0.1, -0.05) is 27.7 Å². The second-order valence-electron chi connectivity index (χ2n) is 7.41. The van der Waals surface area contributed by atoms with E-state index in [4.69, 9.17) is 9.16 Å². The van der Waals surface area contributed by atoms with E-state index in [0.717, 1.165) is 0 Å². The molecule has 0 bridgehead atoms. The fourth-order valence-corrected chi connectivity index (χ4v) is 3.63. The molecule has 1 rings (SSSR count). The Hall–Kier alpha value is -0.233. The number of hydrogen-bond donors (Lipinski definition) is 1. The molecule has 4 nitrogen and oxygen atoms in total. The summed E-state index contributed by atoms with van der Waals surface area (Å²) < 4.78 is 11.7. The molecule has 1 saturated carbocycles. The number of ether oxygens (including phenoxy) is 1. The van der Waals surface area contributed by atoms with Crippen LogP contribution in [0.15, 0.2) is 0 Å². The maximum absolute atomic E-state index is 12.0. The van der Waals surface area contributed by atoms with Gasteiger partial charge in [-0.25, -0.2) is 0 Å². The molecular formula is C14H28O4Si. The van der Waals surface area contributed by atoms with E-state index in [0.29, 0.717) is 6.42 Å². The molecule has 0 aromatic carbocycles. The second-order valence-corrected chi connectivity index (χ2v) is 12.2. The van der Waals surface area contributed by atoms with Gasteiger partial charge in [0.25, 0.3) is 0 Å². The maximum Gasteiger partial charge on any atom is 0.192 e.